The Morgan fingerprint density at radius 3 is 2.69 bits per heavy atom. The van der Waals surface area contributed by atoms with Gasteiger partial charge >= 0.3 is 0 Å². The standard InChI is InChI=1S/C20H30N6O.2ClH/c1-4-15(3)26-19-18(12-22-26)17(11-14(2)23-19)20(27)25-8-5-16(13-25)24-9-6-21-7-10-24;;/h11-12,15-16,21H,4-10,13H2,1-3H3;2*1H. The molecular formula is C20H32Cl2N6O. The molecule has 0 radical (unpaired) electrons. The Morgan fingerprint density at radius 2 is 2.00 bits per heavy atom. The van der Waals surface area contributed by atoms with Gasteiger partial charge in [-0.05, 0) is 32.8 Å². The third-order valence-electron chi connectivity index (χ3n) is 6.05. The van der Waals surface area contributed by atoms with Crippen LogP contribution >= 0.6 is 24.8 Å². The quantitative estimate of drug-likeness (QED) is 0.787. The van der Waals surface area contributed by atoms with Gasteiger partial charge in [0.1, 0.15) is 0 Å². The number of nitrogens with zero attached hydrogens (tertiary/aromatic N) is 5. The highest BCUT2D eigenvalue weighted by Gasteiger charge is 2.32. The number of pyridine rings is 1. The number of amides is 1. The summed E-state index contributed by atoms with van der Waals surface area (Å²) >= 11 is 0. The lowest BCUT2D eigenvalue weighted by atomic mass is 10.1. The van der Waals surface area contributed by atoms with Crippen molar-refractivity contribution in [2.75, 3.05) is 39.3 Å². The van der Waals surface area contributed by atoms with Crippen LogP contribution in [0.3, 0.4) is 0 Å². The van der Waals surface area contributed by atoms with E-state index in [-0.39, 0.29) is 36.8 Å². The number of likely N-dealkylation sites (tertiary alicyclic amines) is 1. The number of carbonyl (C=O) groups excluding carboxylic acids is 1. The van der Waals surface area contributed by atoms with E-state index >= 15 is 0 Å². The van der Waals surface area contributed by atoms with Crippen LogP contribution in [0.1, 0.15) is 48.8 Å². The van der Waals surface area contributed by atoms with Crippen molar-refractivity contribution in [3.63, 3.8) is 0 Å². The predicted molar refractivity (Wildman–Crippen MR) is 121 cm³/mol. The van der Waals surface area contributed by atoms with Gasteiger partial charge in [-0.15, -0.1) is 24.8 Å². The largest absolute Gasteiger partial charge is 0.337 e. The van der Waals surface area contributed by atoms with Crippen LogP contribution in [0.2, 0.25) is 0 Å². The molecule has 2 fully saturated rings. The first kappa shape index (κ1) is 23.9. The van der Waals surface area contributed by atoms with Gasteiger partial charge in [-0.25, -0.2) is 9.67 Å². The van der Waals surface area contributed by atoms with Crippen LogP contribution in [-0.2, 0) is 0 Å². The molecule has 0 aliphatic carbocycles. The number of hydrogen-bond donors (Lipinski definition) is 1. The highest BCUT2D eigenvalue weighted by molar-refractivity contribution is 6.05. The van der Waals surface area contributed by atoms with E-state index < -0.39 is 0 Å². The number of aromatic nitrogens is 3. The van der Waals surface area contributed by atoms with Gasteiger partial charge < -0.3 is 10.2 Å². The summed E-state index contributed by atoms with van der Waals surface area (Å²) in [7, 11) is 0. The van der Waals surface area contributed by atoms with E-state index in [1.54, 1.807) is 0 Å². The molecule has 0 saturated carbocycles. The molecule has 0 bridgehead atoms. The van der Waals surface area contributed by atoms with Crippen LogP contribution in [-0.4, -0.2) is 75.8 Å². The number of fused-ring (bicyclic) bond motifs is 1. The fourth-order valence-electron chi connectivity index (χ4n) is 4.26. The molecule has 2 unspecified atom stereocenters. The zero-order valence-corrected chi connectivity index (χ0v) is 19.1. The van der Waals surface area contributed by atoms with E-state index in [1.165, 1.54) is 0 Å². The number of halogens is 2. The smallest absolute Gasteiger partial charge is 0.254 e. The van der Waals surface area contributed by atoms with E-state index in [2.05, 4.69) is 34.1 Å². The number of piperazine rings is 1. The molecule has 2 aromatic rings. The topological polar surface area (TPSA) is 66.3 Å². The first-order valence-corrected chi connectivity index (χ1v) is 10.2. The van der Waals surface area contributed by atoms with Crippen molar-refractivity contribution in [1.29, 1.82) is 0 Å². The summed E-state index contributed by atoms with van der Waals surface area (Å²) in [6, 6.07) is 2.67. The Kier molecular flexibility index (Phi) is 8.28. The number of nitrogens with one attached hydrogen (secondary N) is 1. The van der Waals surface area contributed by atoms with Gasteiger partial charge in [0.15, 0.2) is 5.65 Å². The fourth-order valence-corrected chi connectivity index (χ4v) is 4.26. The van der Waals surface area contributed by atoms with Crippen LogP contribution in [0, 0.1) is 6.92 Å². The van der Waals surface area contributed by atoms with Gasteiger partial charge in [-0.2, -0.15) is 5.10 Å². The molecule has 2 saturated heterocycles. The third-order valence-corrected chi connectivity index (χ3v) is 6.05. The average Bonchev–Trinajstić information content (AvgIpc) is 3.34. The fraction of sp³-hybridized carbons (Fsp3) is 0.650. The molecule has 9 heteroatoms. The lowest BCUT2D eigenvalue weighted by Gasteiger charge is -2.32. The van der Waals surface area contributed by atoms with Crippen molar-refractivity contribution >= 4 is 41.8 Å². The molecule has 7 nitrogen and oxygen atoms in total. The minimum atomic E-state index is 0. The maximum atomic E-state index is 13.3. The average molecular weight is 443 g/mol. The number of rotatable bonds is 4. The summed E-state index contributed by atoms with van der Waals surface area (Å²) in [4.78, 5) is 22.5. The van der Waals surface area contributed by atoms with Gasteiger partial charge in [0.25, 0.3) is 5.91 Å². The monoisotopic (exact) mass is 442 g/mol. The minimum Gasteiger partial charge on any atom is -0.337 e. The molecular weight excluding hydrogens is 411 g/mol. The molecule has 4 heterocycles. The van der Waals surface area contributed by atoms with E-state index in [9.17, 15) is 4.79 Å². The second-order valence-corrected chi connectivity index (χ2v) is 7.87. The van der Waals surface area contributed by atoms with E-state index in [1.807, 2.05) is 28.8 Å². The summed E-state index contributed by atoms with van der Waals surface area (Å²) in [5, 5.41) is 8.81. The summed E-state index contributed by atoms with van der Waals surface area (Å²) in [5.74, 6) is 0.117. The number of aryl methyl sites for hydroxylation is 1. The first-order valence-electron chi connectivity index (χ1n) is 10.2. The summed E-state index contributed by atoms with van der Waals surface area (Å²) in [6.45, 7) is 12.1. The molecule has 4 rings (SSSR count). The van der Waals surface area contributed by atoms with E-state index in [0.29, 0.717) is 6.04 Å². The third kappa shape index (κ3) is 4.68. The number of hydrogen-bond acceptors (Lipinski definition) is 5. The molecule has 2 atom stereocenters. The summed E-state index contributed by atoms with van der Waals surface area (Å²) in [5.41, 5.74) is 2.44. The zero-order chi connectivity index (χ0) is 19.0. The second-order valence-electron chi connectivity index (χ2n) is 7.87. The van der Waals surface area contributed by atoms with Crippen LogP contribution in [0.15, 0.2) is 12.3 Å². The molecule has 1 N–H and O–H groups in total. The van der Waals surface area contributed by atoms with Crippen molar-refractivity contribution in [3.05, 3.63) is 23.5 Å². The molecule has 2 aliphatic rings. The molecule has 29 heavy (non-hydrogen) atoms. The van der Waals surface area contributed by atoms with Crippen LogP contribution in [0.4, 0.5) is 0 Å². The van der Waals surface area contributed by atoms with Gasteiger partial charge in [-0.1, -0.05) is 6.92 Å². The molecule has 0 aromatic carbocycles. The Morgan fingerprint density at radius 1 is 1.28 bits per heavy atom. The van der Waals surface area contributed by atoms with E-state index in [4.69, 9.17) is 0 Å². The predicted octanol–water partition coefficient (Wildman–Crippen LogP) is 2.67. The highest BCUT2D eigenvalue weighted by Crippen LogP contribution is 2.25. The van der Waals surface area contributed by atoms with Gasteiger partial charge in [0, 0.05) is 51.0 Å². The summed E-state index contributed by atoms with van der Waals surface area (Å²) < 4.78 is 1.95. The molecule has 1 amide bonds. The van der Waals surface area contributed by atoms with Crippen molar-refractivity contribution in [2.24, 2.45) is 0 Å². The molecule has 2 aliphatic heterocycles. The van der Waals surface area contributed by atoms with Gasteiger partial charge in [0.05, 0.1) is 23.2 Å². The van der Waals surface area contributed by atoms with E-state index in [0.717, 1.165) is 74.4 Å². The minimum absolute atomic E-state index is 0. The lowest BCUT2D eigenvalue weighted by Crippen LogP contribution is -2.49. The van der Waals surface area contributed by atoms with Crippen LogP contribution in [0.5, 0.6) is 0 Å². The zero-order valence-electron chi connectivity index (χ0n) is 17.4. The Bertz CT molecular complexity index is 836. The molecule has 0 spiro atoms. The van der Waals surface area contributed by atoms with Crippen molar-refractivity contribution < 1.29 is 4.79 Å². The Balaban J connectivity index is 0.00000150. The van der Waals surface area contributed by atoms with Crippen molar-refractivity contribution in [2.45, 2.75) is 45.7 Å². The Labute approximate surface area is 185 Å². The number of carbonyl (C=O) groups is 1. The molecule has 162 valence electrons. The Hall–Kier alpha value is -1.41. The van der Waals surface area contributed by atoms with Gasteiger partial charge in [0.2, 0.25) is 0 Å². The lowest BCUT2D eigenvalue weighted by molar-refractivity contribution is 0.0775. The SMILES string of the molecule is CCC(C)n1ncc2c(C(=O)N3CCC(N4CCNCC4)C3)cc(C)nc21.Cl.Cl. The van der Waals surface area contributed by atoms with Crippen LogP contribution in [0.25, 0.3) is 11.0 Å². The summed E-state index contributed by atoms with van der Waals surface area (Å²) in [6.07, 6.45) is 3.85. The van der Waals surface area contributed by atoms with Crippen molar-refractivity contribution in [1.82, 2.24) is 29.9 Å². The maximum absolute atomic E-state index is 13.3. The van der Waals surface area contributed by atoms with Gasteiger partial charge in [-0.3, -0.25) is 9.69 Å². The van der Waals surface area contributed by atoms with Crippen LogP contribution < -0.4 is 5.32 Å². The second kappa shape index (κ2) is 10.1. The maximum Gasteiger partial charge on any atom is 0.254 e. The first-order chi connectivity index (χ1) is 13.1. The molecule has 2 aromatic heterocycles. The normalized spacial score (nSPS) is 20.9. The highest BCUT2D eigenvalue weighted by atomic mass is 35.5. The van der Waals surface area contributed by atoms with Crippen molar-refractivity contribution in [3.8, 4) is 0 Å².